The molecule has 0 aromatic carbocycles. The number of amides is 1. The summed E-state index contributed by atoms with van der Waals surface area (Å²) in [6, 6.07) is 5.98. The zero-order chi connectivity index (χ0) is 15.4. The summed E-state index contributed by atoms with van der Waals surface area (Å²) in [5.41, 5.74) is 0.450. The van der Waals surface area contributed by atoms with Gasteiger partial charge in [0.2, 0.25) is 0 Å². The van der Waals surface area contributed by atoms with Crippen LogP contribution < -0.4 is 5.32 Å². The molecule has 0 aliphatic heterocycles. The van der Waals surface area contributed by atoms with Crippen LogP contribution in [0.1, 0.15) is 59.6 Å². The van der Waals surface area contributed by atoms with Gasteiger partial charge in [-0.25, -0.2) is 0 Å². The lowest BCUT2D eigenvalue weighted by molar-refractivity contribution is 0.0924. The molecule has 2 heterocycles. The number of thiophene rings is 1. The van der Waals surface area contributed by atoms with Crippen molar-refractivity contribution in [3.8, 4) is 0 Å². The quantitative estimate of drug-likeness (QED) is 0.860. The Hall–Kier alpha value is -1.66. The smallest absolute Gasteiger partial charge is 0.272 e. The number of aliphatic hydroxyl groups is 1. The molecule has 1 aliphatic rings. The van der Waals surface area contributed by atoms with E-state index >= 15 is 0 Å². The van der Waals surface area contributed by atoms with Gasteiger partial charge < -0.3 is 10.4 Å². The molecule has 0 bridgehead atoms. The van der Waals surface area contributed by atoms with E-state index in [4.69, 9.17) is 0 Å². The number of nitrogens with zero attached hydrogens (tertiary/aromatic N) is 2. The number of carbonyl (C=O) groups excluding carboxylic acids is 1. The lowest BCUT2D eigenvalue weighted by Crippen LogP contribution is -2.29. The minimum atomic E-state index is -0.177. The largest absolute Gasteiger partial charge is 0.396 e. The minimum Gasteiger partial charge on any atom is -0.396 e. The molecule has 0 spiro atoms. The summed E-state index contributed by atoms with van der Waals surface area (Å²) in [6.07, 6.45) is 7.18. The molecule has 2 aromatic heterocycles. The van der Waals surface area contributed by atoms with E-state index in [9.17, 15) is 9.90 Å². The van der Waals surface area contributed by atoms with Gasteiger partial charge in [0.05, 0.1) is 12.1 Å². The van der Waals surface area contributed by atoms with Crippen molar-refractivity contribution in [1.82, 2.24) is 15.1 Å². The van der Waals surface area contributed by atoms with Gasteiger partial charge in [0.25, 0.3) is 5.91 Å². The third-order valence-electron chi connectivity index (χ3n) is 4.15. The van der Waals surface area contributed by atoms with Gasteiger partial charge in [-0.15, -0.1) is 11.3 Å². The molecule has 0 saturated heterocycles. The van der Waals surface area contributed by atoms with Crippen LogP contribution in [0.2, 0.25) is 0 Å². The lowest BCUT2D eigenvalue weighted by Gasteiger charge is -2.15. The highest BCUT2D eigenvalue weighted by molar-refractivity contribution is 7.10. The molecule has 2 N–H and O–H groups in total. The SMILES string of the molecule is O=C(N[C@H](CCO)c1cccs1)c1ccn(C2CCCC2)n1. The van der Waals surface area contributed by atoms with E-state index in [-0.39, 0.29) is 18.6 Å². The van der Waals surface area contributed by atoms with Crippen LogP contribution in [0, 0.1) is 0 Å². The fourth-order valence-electron chi connectivity index (χ4n) is 2.97. The summed E-state index contributed by atoms with van der Waals surface area (Å²) in [4.78, 5) is 13.4. The predicted molar refractivity (Wildman–Crippen MR) is 86.0 cm³/mol. The molecule has 2 aromatic rings. The maximum absolute atomic E-state index is 12.4. The molecule has 5 nitrogen and oxygen atoms in total. The molecule has 1 aliphatic carbocycles. The standard InChI is InChI=1S/C16H21N3O2S/c20-10-8-13(15-6-3-11-22-15)17-16(21)14-7-9-19(18-14)12-4-1-2-5-12/h3,6-7,9,11-13,20H,1-2,4-5,8,10H2,(H,17,21)/t13-/m1/s1. The number of nitrogens with one attached hydrogen (secondary N) is 1. The van der Waals surface area contributed by atoms with Gasteiger partial charge in [-0.1, -0.05) is 18.9 Å². The van der Waals surface area contributed by atoms with Gasteiger partial charge in [0, 0.05) is 17.7 Å². The van der Waals surface area contributed by atoms with Crippen LogP contribution in [-0.4, -0.2) is 27.4 Å². The molecular formula is C16H21N3O2S. The first kappa shape index (κ1) is 15.2. The average molecular weight is 319 g/mol. The molecule has 1 atom stereocenters. The molecule has 1 amide bonds. The molecule has 3 rings (SSSR count). The fourth-order valence-corrected chi connectivity index (χ4v) is 3.78. The Kier molecular flexibility index (Phi) is 4.90. The van der Waals surface area contributed by atoms with Crippen molar-refractivity contribution in [3.05, 3.63) is 40.3 Å². The van der Waals surface area contributed by atoms with E-state index < -0.39 is 0 Å². The van der Waals surface area contributed by atoms with Gasteiger partial charge in [-0.05, 0) is 36.8 Å². The zero-order valence-electron chi connectivity index (χ0n) is 12.4. The first-order valence-electron chi connectivity index (χ1n) is 7.78. The van der Waals surface area contributed by atoms with Crippen LogP contribution in [0.15, 0.2) is 29.8 Å². The predicted octanol–water partition coefficient (Wildman–Crippen LogP) is 2.91. The van der Waals surface area contributed by atoms with E-state index in [0.717, 1.165) is 17.7 Å². The van der Waals surface area contributed by atoms with Gasteiger partial charge >= 0.3 is 0 Å². The summed E-state index contributed by atoms with van der Waals surface area (Å²) in [6.45, 7) is 0.0410. The summed E-state index contributed by atoms with van der Waals surface area (Å²) in [5, 5.41) is 18.6. The van der Waals surface area contributed by atoms with Gasteiger partial charge in [-0.2, -0.15) is 5.10 Å². The number of hydrogen-bond acceptors (Lipinski definition) is 4. The third kappa shape index (κ3) is 3.39. The second kappa shape index (κ2) is 7.07. The first-order valence-corrected chi connectivity index (χ1v) is 8.66. The first-order chi connectivity index (χ1) is 10.8. The maximum Gasteiger partial charge on any atom is 0.272 e. The molecule has 0 unspecified atom stereocenters. The molecule has 1 fully saturated rings. The van der Waals surface area contributed by atoms with Crippen LogP contribution in [0.5, 0.6) is 0 Å². The molecular weight excluding hydrogens is 298 g/mol. The normalized spacial score (nSPS) is 16.8. The molecule has 0 radical (unpaired) electrons. The van der Waals surface area contributed by atoms with Gasteiger partial charge in [-0.3, -0.25) is 9.48 Å². The number of rotatable bonds is 6. The van der Waals surface area contributed by atoms with Crippen LogP contribution in [0.4, 0.5) is 0 Å². The van der Waals surface area contributed by atoms with E-state index in [2.05, 4.69) is 10.4 Å². The number of aromatic nitrogens is 2. The summed E-state index contributed by atoms with van der Waals surface area (Å²) in [7, 11) is 0. The Morgan fingerprint density at radius 3 is 2.95 bits per heavy atom. The Balaban J connectivity index is 1.67. The highest BCUT2D eigenvalue weighted by Gasteiger charge is 2.21. The Labute approximate surface area is 134 Å². The summed E-state index contributed by atoms with van der Waals surface area (Å²) < 4.78 is 1.92. The van der Waals surface area contributed by atoms with E-state index in [1.165, 1.54) is 12.8 Å². The minimum absolute atomic E-state index is 0.0410. The third-order valence-corrected chi connectivity index (χ3v) is 5.14. The van der Waals surface area contributed by atoms with Crippen molar-refractivity contribution in [2.24, 2.45) is 0 Å². The van der Waals surface area contributed by atoms with Crippen LogP contribution in [0.25, 0.3) is 0 Å². The second-order valence-electron chi connectivity index (χ2n) is 5.67. The number of carbonyl (C=O) groups is 1. The highest BCUT2D eigenvalue weighted by atomic mass is 32.1. The number of aliphatic hydroxyl groups excluding tert-OH is 1. The molecule has 6 heteroatoms. The van der Waals surface area contributed by atoms with E-state index in [1.807, 2.05) is 28.4 Å². The van der Waals surface area contributed by atoms with Crippen LogP contribution in [-0.2, 0) is 0 Å². The Morgan fingerprint density at radius 2 is 2.27 bits per heavy atom. The van der Waals surface area contributed by atoms with Crippen LogP contribution >= 0.6 is 11.3 Å². The number of hydrogen-bond donors (Lipinski definition) is 2. The van der Waals surface area contributed by atoms with E-state index in [0.29, 0.717) is 18.2 Å². The Bertz CT molecular complexity index is 603. The highest BCUT2D eigenvalue weighted by Crippen LogP contribution is 2.28. The van der Waals surface area contributed by atoms with Crippen molar-refractivity contribution < 1.29 is 9.90 Å². The Morgan fingerprint density at radius 1 is 1.45 bits per heavy atom. The summed E-state index contributed by atoms with van der Waals surface area (Å²) in [5.74, 6) is -0.177. The van der Waals surface area contributed by atoms with Crippen molar-refractivity contribution in [1.29, 1.82) is 0 Å². The van der Waals surface area contributed by atoms with Crippen LogP contribution in [0.3, 0.4) is 0 Å². The van der Waals surface area contributed by atoms with Crippen molar-refractivity contribution in [3.63, 3.8) is 0 Å². The van der Waals surface area contributed by atoms with Crippen molar-refractivity contribution in [2.45, 2.75) is 44.2 Å². The van der Waals surface area contributed by atoms with Crippen molar-refractivity contribution >= 4 is 17.2 Å². The average Bonchev–Trinajstić information content (AvgIpc) is 3.26. The van der Waals surface area contributed by atoms with Crippen molar-refractivity contribution in [2.75, 3.05) is 6.61 Å². The monoisotopic (exact) mass is 319 g/mol. The molecule has 22 heavy (non-hydrogen) atoms. The lowest BCUT2D eigenvalue weighted by atomic mass is 10.1. The molecule has 118 valence electrons. The maximum atomic E-state index is 12.4. The van der Waals surface area contributed by atoms with Gasteiger partial charge in [0.15, 0.2) is 0 Å². The van der Waals surface area contributed by atoms with Gasteiger partial charge in [0.1, 0.15) is 5.69 Å². The zero-order valence-corrected chi connectivity index (χ0v) is 13.3. The fraction of sp³-hybridized carbons (Fsp3) is 0.500. The molecule has 1 saturated carbocycles. The topological polar surface area (TPSA) is 67.2 Å². The second-order valence-corrected chi connectivity index (χ2v) is 6.65. The van der Waals surface area contributed by atoms with E-state index in [1.54, 1.807) is 17.4 Å². The summed E-state index contributed by atoms with van der Waals surface area (Å²) >= 11 is 1.58.